The molecule has 13 heavy (non-hydrogen) atoms. The number of carbonyl (C=O) groups is 1. The van der Waals surface area contributed by atoms with Crippen molar-refractivity contribution >= 4 is 22.2 Å². The van der Waals surface area contributed by atoms with Crippen LogP contribution >= 0.6 is 0 Å². The largest absolute Gasteiger partial charge is 0.327 e. The maximum atomic E-state index is 10.7. The van der Waals surface area contributed by atoms with Crippen LogP contribution in [0.3, 0.4) is 0 Å². The summed E-state index contributed by atoms with van der Waals surface area (Å²) in [6.45, 7) is 0. The van der Waals surface area contributed by atoms with Gasteiger partial charge in [0.2, 0.25) is 6.41 Å². The van der Waals surface area contributed by atoms with E-state index in [0.717, 1.165) is 0 Å². The van der Waals surface area contributed by atoms with Gasteiger partial charge >= 0.3 is 0 Å². The predicted molar refractivity (Wildman–Crippen MR) is 45.9 cm³/mol. The van der Waals surface area contributed by atoms with Crippen LogP contribution < -0.4 is 5.32 Å². The summed E-state index contributed by atoms with van der Waals surface area (Å²) in [4.78, 5) is 9.75. The normalized spacial score (nSPS) is 10.8. The van der Waals surface area contributed by atoms with Crippen LogP contribution in [0.25, 0.3) is 0 Å². The standard InChI is InChI=1S/C7H7NO4S/c9-5-8-6-3-1-2-4-7(6)13(10,11)12/h1-5H,(H,8,9)(H,10,11,12). The summed E-state index contributed by atoms with van der Waals surface area (Å²) in [7, 11) is -4.28. The van der Waals surface area contributed by atoms with Crippen LogP contribution in [0.15, 0.2) is 29.2 Å². The number of anilines is 1. The summed E-state index contributed by atoms with van der Waals surface area (Å²) in [6, 6.07) is 5.55. The molecule has 0 saturated carbocycles. The molecule has 0 atom stereocenters. The fourth-order valence-electron chi connectivity index (χ4n) is 0.874. The lowest BCUT2D eigenvalue weighted by atomic mass is 10.3. The average molecular weight is 201 g/mol. The number of hydrogen-bond acceptors (Lipinski definition) is 3. The molecule has 0 aliphatic heterocycles. The molecular weight excluding hydrogens is 194 g/mol. The van der Waals surface area contributed by atoms with Crippen molar-refractivity contribution in [3.05, 3.63) is 24.3 Å². The molecule has 0 radical (unpaired) electrons. The van der Waals surface area contributed by atoms with Gasteiger partial charge in [0, 0.05) is 0 Å². The first-order chi connectivity index (χ1) is 6.05. The highest BCUT2D eigenvalue weighted by molar-refractivity contribution is 7.86. The quantitative estimate of drug-likeness (QED) is 0.551. The van der Waals surface area contributed by atoms with Crippen molar-refractivity contribution in [2.75, 3.05) is 5.32 Å². The fraction of sp³-hybridized carbons (Fsp3) is 0. The monoisotopic (exact) mass is 201 g/mol. The van der Waals surface area contributed by atoms with Crippen LogP contribution in [-0.2, 0) is 14.9 Å². The minimum atomic E-state index is -4.28. The smallest absolute Gasteiger partial charge is 0.296 e. The number of rotatable bonds is 3. The minimum absolute atomic E-state index is 0.0556. The topological polar surface area (TPSA) is 83.5 Å². The van der Waals surface area contributed by atoms with Crippen molar-refractivity contribution in [3.63, 3.8) is 0 Å². The van der Waals surface area contributed by atoms with Gasteiger partial charge in [-0.05, 0) is 12.1 Å². The Labute approximate surface area is 75.1 Å². The van der Waals surface area contributed by atoms with Crippen LogP contribution in [0.1, 0.15) is 0 Å². The molecule has 6 heteroatoms. The number of benzene rings is 1. The highest BCUT2D eigenvalue weighted by Gasteiger charge is 2.13. The molecule has 0 fully saturated rings. The van der Waals surface area contributed by atoms with Crippen LogP contribution in [0.4, 0.5) is 5.69 Å². The van der Waals surface area contributed by atoms with Crippen molar-refractivity contribution in [3.8, 4) is 0 Å². The molecule has 70 valence electrons. The molecule has 1 amide bonds. The van der Waals surface area contributed by atoms with E-state index in [9.17, 15) is 13.2 Å². The highest BCUT2D eigenvalue weighted by Crippen LogP contribution is 2.19. The molecular formula is C7H7NO4S. The zero-order valence-corrected chi connectivity index (χ0v) is 7.28. The lowest BCUT2D eigenvalue weighted by Crippen LogP contribution is -2.04. The summed E-state index contributed by atoms with van der Waals surface area (Å²) in [5, 5.41) is 2.16. The minimum Gasteiger partial charge on any atom is -0.327 e. The van der Waals surface area contributed by atoms with Gasteiger partial charge in [0.1, 0.15) is 4.90 Å². The third-order valence-electron chi connectivity index (χ3n) is 1.38. The second-order valence-electron chi connectivity index (χ2n) is 2.23. The van der Waals surface area contributed by atoms with E-state index >= 15 is 0 Å². The molecule has 0 spiro atoms. The van der Waals surface area contributed by atoms with Gasteiger partial charge in [-0.3, -0.25) is 9.35 Å². The highest BCUT2D eigenvalue weighted by atomic mass is 32.2. The molecule has 0 bridgehead atoms. The van der Waals surface area contributed by atoms with E-state index < -0.39 is 10.1 Å². The van der Waals surface area contributed by atoms with E-state index in [-0.39, 0.29) is 10.6 Å². The number of amides is 1. The maximum absolute atomic E-state index is 10.7. The second-order valence-corrected chi connectivity index (χ2v) is 3.62. The van der Waals surface area contributed by atoms with Crippen molar-refractivity contribution < 1.29 is 17.8 Å². The first-order valence-corrected chi connectivity index (χ1v) is 4.76. The molecule has 1 aromatic rings. The van der Waals surface area contributed by atoms with Crippen LogP contribution in [0.5, 0.6) is 0 Å². The Kier molecular flexibility index (Phi) is 2.64. The molecule has 0 aliphatic rings. The molecule has 0 heterocycles. The van der Waals surface area contributed by atoms with Crippen molar-refractivity contribution in [2.24, 2.45) is 0 Å². The molecule has 0 saturated heterocycles. The first kappa shape index (κ1) is 9.69. The Balaban J connectivity index is 3.28. The molecule has 2 N–H and O–H groups in total. The van der Waals surface area contributed by atoms with E-state index in [1.165, 1.54) is 18.2 Å². The van der Waals surface area contributed by atoms with E-state index in [2.05, 4.69) is 5.32 Å². The van der Waals surface area contributed by atoms with Crippen LogP contribution in [-0.4, -0.2) is 19.4 Å². The van der Waals surface area contributed by atoms with E-state index in [0.29, 0.717) is 6.41 Å². The van der Waals surface area contributed by atoms with Gasteiger partial charge < -0.3 is 5.32 Å². The molecule has 0 aromatic heterocycles. The van der Waals surface area contributed by atoms with E-state index in [4.69, 9.17) is 4.55 Å². The number of para-hydroxylation sites is 1. The van der Waals surface area contributed by atoms with Crippen molar-refractivity contribution in [2.45, 2.75) is 4.90 Å². The second kappa shape index (κ2) is 3.55. The van der Waals surface area contributed by atoms with Crippen LogP contribution in [0.2, 0.25) is 0 Å². The summed E-state index contributed by atoms with van der Waals surface area (Å²) in [5.74, 6) is 0. The van der Waals surface area contributed by atoms with Crippen LogP contribution in [0, 0.1) is 0 Å². The van der Waals surface area contributed by atoms with E-state index in [1.807, 2.05) is 0 Å². The van der Waals surface area contributed by atoms with Crippen molar-refractivity contribution in [1.29, 1.82) is 0 Å². The lowest BCUT2D eigenvalue weighted by Gasteiger charge is -2.03. The van der Waals surface area contributed by atoms with Gasteiger partial charge in [0.05, 0.1) is 5.69 Å². The molecule has 5 nitrogen and oxygen atoms in total. The Morgan fingerprint density at radius 1 is 1.31 bits per heavy atom. The molecule has 0 unspecified atom stereocenters. The van der Waals surface area contributed by atoms with Gasteiger partial charge in [-0.15, -0.1) is 0 Å². The van der Waals surface area contributed by atoms with Gasteiger partial charge in [-0.25, -0.2) is 0 Å². The summed E-state index contributed by atoms with van der Waals surface area (Å²) < 4.78 is 30.2. The maximum Gasteiger partial charge on any atom is 0.296 e. The SMILES string of the molecule is O=CNc1ccccc1S(=O)(=O)O. The Bertz CT molecular complexity index is 412. The molecule has 1 rings (SSSR count). The Morgan fingerprint density at radius 2 is 1.92 bits per heavy atom. The zero-order valence-electron chi connectivity index (χ0n) is 6.47. The number of nitrogens with one attached hydrogen (secondary N) is 1. The van der Waals surface area contributed by atoms with Gasteiger partial charge in [0.15, 0.2) is 0 Å². The van der Waals surface area contributed by atoms with Gasteiger partial charge in [-0.2, -0.15) is 8.42 Å². The Morgan fingerprint density at radius 3 is 2.46 bits per heavy atom. The molecule has 1 aromatic carbocycles. The Hall–Kier alpha value is -1.40. The predicted octanol–water partition coefficient (Wildman–Crippen LogP) is 0.502. The van der Waals surface area contributed by atoms with Gasteiger partial charge in [0.25, 0.3) is 10.1 Å². The lowest BCUT2D eigenvalue weighted by molar-refractivity contribution is -0.105. The number of hydrogen-bond donors (Lipinski definition) is 2. The first-order valence-electron chi connectivity index (χ1n) is 3.32. The third kappa shape index (κ3) is 2.27. The zero-order chi connectivity index (χ0) is 9.90. The summed E-state index contributed by atoms with van der Waals surface area (Å²) >= 11 is 0. The average Bonchev–Trinajstić information content (AvgIpc) is 2.04. The molecule has 0 aliphatic carbocycles. The third-order valence-corrected chi connectivity index (χ3v) is 2.29. The van der Waals surface area contributed by atoms with Crippen molar-refractivity contribution in [1.82, 2.24) is 0 Å². The number of carbonyl (C=O) groups excluding carboxylic acids is 1. The summed E-state index contributed by atoms with van der Waals surface area (Å²) in [5.41, 5.74) is 0.0556. The van der Waals surface area contributed by atoms with Gasteiger partial charge in [-0.1, -0.05) is 12.1 Å². The van der Waals surface area contributed by atoms with E-state index in [1.54, 1.807) is 6.07 Å². The summed E-state index contributed by atoms with van der Waals surface area (Å²) in [6.07, 6.45) is 0.337. The fourth-order valence-corrected chi connectivity index (χ4v) is 1.53.